The number of hydrogen-bond acceptors (Lipinski definition) is 5. The van der Waals surface area contributed by atoms with Gasteiger partial charge in [-0.3, -0.25) is 19.4 Å². The average Bonchev–Trinajstić information content (AvgIpc) is 2.84. The number of carboxylic acids is 1. The highest BCUT2D eigenvalue weighted by atomic mass is 35.5. The number of nitrogens with one attached hydrogen (secondary N) is 1. The number of hydrogen-bond donors (Lipinski definition) is 2. The monoisotopic (exact) mass is 397 g/mol. The third-order valence-electron chi connectivity index (χ3n) is 4.65. The maximum absolute atomic E-state index is 12.1. The van der Waals surface area contributed by atoms with Crippen LogP contribution in [0.4, 0.5) is 0 Å². The maximum Gasteiger partial charge on any atom is 0.317 e. The van der Waals surface area contributed by atoms with Crippen LogP contribution in [0.3, 0.4) is 0 Å². The van der Waals surface area contributed by atoms with E-state index in [1.165, 1.54) is 0 Å². The Kier molecular flexibility index (Phi) is 8.84. The van der Waals surface area contributed by atoms with Gasteiger partial charge in [0.05, 0.1) is 19.6 Å². The highest BCUT2D eigenvalue weighted by Crippen LogP contribution is 2.17. The zero-order valence-electron chi connectivity index (χ0n) is 15.7. The van der Waals surface area contributed by atoms with E-state index in [-0.39, 0.29) is 18.5 Å². The first kappa shape index (κ1) is 21.5. The van der Waals surface area contributed by atoms with Crippen molar-refractivity contribution in [1.29, 1.82) is 0 Å². The van der Waals surface area contributed by atoms with Gasteiger partial charge in [0, 0.05) is 17.6 Å². The van der Waals surface area contributed by atoms with Crippen molar-refractivity contribution >= 4 is 23.5 Å². The Hall–Kier alpha value is -1.83. The molecule has 0 aliphatic carbocycles. The van der Waals surface area contributed by atoms with Crippen LogP contribution >= 0.6 is 11.6 Å². The number of carbonyl (C=O) groups is 2. The SMILES string of the molecule is CN(CC(=O)O)C1CCCN(CC(=O)NCCOc2cccc(Cl)c2)CC1. The van der Waals surface area contributed by atoms with Crippen molar-refractivity contribution in [2.45, 2.75) is 25.3 Å². The number of ether oxygens (including phenoxy) is 1. The summed E-state index contributed by atoms with van der Waals surface area (Å²) >= 11 is 5.90. The Morgan fingerprint density at radius 3 is 2.93 bits per heavy atom. The third-order valence-corrected chi connectivity index (χ3v) is 4.89. The van der Waals surface area contributed by atoms with Crippen molar-refractivity contribution in [3.8, 4) is 5.75 Å². The Balaban J connectivity index is 1.64. The second-order valence-corrected chi connectivity index (χ2v) is 7.26. The van der Waals surface area contributed by atoms with Gasteiger partial charge in [-0.1, -0.05) is 17.7 Å². The third kappa shape index (κ3) is 8.15. The molecule has 7 nitrogen and oxygen atoms in total. The maximum atomic E-state index is 12.1. The smallest absolute Gasteiger partial charge is 0.317 e. The van der Waals surface area contributed by atoms with E-state index in [9.17, 15) is 9.59 Å². The van der Waals surface area contributed by atoms with Crippen LogP contribution in [-0.2, 0) is 9.59 Å². The van der Waals surface area contributed by atoms with Gasteiger partial charge < -0.3 is 15.2 Å². The Morgan fingerprint density at radius 1 is 1.37 bits per heavy atom. The first-order valence-corrected chi connectivity index (χ1v) is 9.61. The molecule has 0 bridgehead atoms. The molecule has 0 aromatic heterocycles. The fourth-order valence-electron chi connectivity index (χ4n) is 3.25. The summed E-state index contributed by atoms with van der Waals surface area (Å²) in [4.78, 5) is 27.0. The van der Waals surface area contributed by atoms with Crippen LogP contribution in [0.15, 0.2) is 24.3 Å². The number of carbonyl (C=O) groups excluding carboxylic acids is 1. The van der Waals surface area contributed by atoms with E-state index < -0.39 is 5.97 Å². The highest BCUT2D eigenvalue weighted by molar-refractivity contribution is 6.30. The lowest BCUT2D eigenvalue weighted by Crippen LogP contribution is -2.40. The van der Waals surface area contributed by atoms with Crippen LogP contribution in [0.5, 0.6) is 5.75 Å². The molecule has 1 aromatic carbocycles. The summed E-state index contributed by atoms with van der Waals surface area (Å²) in [5.41, 5.74) is 0. The molecule has 27 heavy (non-hydrogen) atoms. The number of aliphatic carboxylic acids is 1. The number of nitrogens with zero attached hydrogens (tertiary/aromatic N) is 2. The van der Waals surface area contributed by atoms with Gasteiger partial charge in [0.1, 0.15) is 12.4 Å². The van der Waals surface area contributed by atoms with Crippen molar-refractivity contribution < 1.29 is 19.4 Å². The van der Waals surface area contributed by atoms with Crippen molar-refractivity contribution in [3.63, 3.8) is 0 Å². The number of amides is 1. The standard InChI is InChI=1S/C19H28ClN3O4/c1-22(14-19(25)26)16-5-3-9-23(10-7-16)13-18(24)21-8-11-27-17-6-2-4-15(20)12-17/h2,4,6,12,16H,3,5,7-11,13-14H2,1H3,(H,21,24)(H,25,26). The molecule has 0 saturated carbocycles. The van der Waals surface area contributed by atoms with Gasteiger partial charge >= 0.3 is 5.97 Å². The largest absolute Gasteiger partial charge is 0.492 e. The lowest BCUT2D eigenvalue weighted by molar-refractivity contribution is -0.138. The van der Waals surface area contributed by atoms with Crippen LogP contribution < -0.4 is 10.1 Å². The molecule has 1 aliphatic rings. The summed E-state index contributed by atoms with van der Waals surface area (Å²) in [6.45, 7) is 2.87. The van der Waals surface area contributed by atoms with Crippen LogP contribution in [0.25, 0.3) is 0 Å². The molecule has 1 aliphatic heterocycles. The number of likely N-dealkylation sites (N-methyl/N-ethyl adjacent to an activating group) is 1. The lowest BCUT2D eigenvalue weighted by Gasteiger charge is -2.25. The summed E-state index contributed by atoms with van der Waals surface area (Å²) in [5.74, 6) is -0.152. The van der Waals surface area contributed by atoms with Crippen LogP contribution in [-0.4, -0.2) is 79.2 Å². The molecule has 1 aromatic rings. The number of rotatable bonds is 9. The molecule has 150 valence electrons. The van der Waals surface area contributed by atoms with Gasteiger partial charge in [-0.2, -0.15) is 0 Å². The molecule has 1 saturated heterocycles. The van der Waals surface area contributed by atoms with E-state index in [0.29, 0.717) is 30.5 Å². The summed E-state index contributed by atoms with van der Waals surface area (Å²) < 4.78 is 5.55. The minimum absolute atomic E-state index is 0.0259. The second-order valence-electron chi connectivity index (χ2n) is 6.83. The van der Waals surface area contributed by atoms with Crippen molar-refractivity contribution in [2.75, 3.05) is 46.4 Å². The normalized spacial score (nSPS) is 18.1. The van der Waals surface area contributed by atoms with Gasteiger partial charge in [0.15, 0.2) is 0 Å². The summed E-state index contributed by atoms with van der Waals surface area (Å²) in [5, 5.41) is 12.4. The molecular weight excluding hydrogens is 370 g/mol. The van der Waals surface area contributed by atoms with E-state index >= 15 is 0 Å². The zero-order valence-corrected chi connectivity index (χ0v) is 16.5. The van der Waals surface area contributed by atoms with Crippen molar-refractivity contribution in [2.24, 2.45) is 0 Å². The van der Waals surface area contributed by atoms with E-state index in [0.717, 1.165) is 32.4 Å². The number of likely N-dealkylation sites (tertiary alicyclic amines) is 1. The van der Waals surface area contributed by atoms with Gasteiger partial charge in [-0.15, -0.1) is 0 Å². The topological polar surface area (TPSA) is 82.1 Å². The van der Waals surface area contributed by atoms with E-state index in [1.54, 1.807) is 12.1 Å². The van der Waals surface area contributed by atoms with Crippen LogP contribution in [0, 0.1) is 0 Å². The first-order valence-electron chi connectivity index (χ1n) is 9.23. The fourth-order valence-corrected chi connectivity index (χ4v) is 3.43. The predicted molar refractivity (Wildman–Crippen MR) is 104 cm³/mol. The molecule has 8 heteroatoms. The summed E-state index contributed by atoms with van der Waals surface area (Å²) in [7, 11) is 1.85. The molecule has 0 spiro atoms. The number of carboxylic acid groups (broad SMARTS) is 1. The van der Waals surface area contributed by atoms with Crippen molar-refractivity contribution in [3.05, 3.63) is 29.3 Å². The van der Waals surface area contributed by atoms with Crippen molar-refractivity contribution in [1.82, 2.24) is 15.1 Å². The fraction of sp³-hybridized carbons (Fsp3) is 0.579. The van der Waals surface area contributed by atoms with Gasteiger partial charge in [-0.05, 0) is 51.1 Å². The molecule has 2 rings (SSSR count). The van der Waals surface area contributed by atoms with Crippen LogP contribution in [0.1, 0.15) is 19.3 Å². The summed E-state index contributed by atoms with van der Waals surface area (Å²) in [6.07, 6.45) is 2.78. The van der Waals surface area contributed by atoms with Crippen LogP contribution in [0.2, 0.25) is 5.02 Å². The Bertz CT molecular complexity index is 629. The zero-order chi connectivity index (χ0) is 19.6. The van der Waals surface area contributed by atoms with Gasteiger partial charge in [0.2, 0.25) is 5.91 Å². The molecule has 1 fully saturated rings. The molecule has 1 unspecified atom stereocenters. The molecule has 1 atom stereocenters. The minimum atomic E-state index is -0.807. The summed E-state index contributed by atoms with van der Waals surface area (Å²) in [6, 6.07) is 7.40. The second kappa shape index (κ2) is 11.1. The quantitative estimate of drug-likeness (QED) is 0.617. The molecule has 1 heterocycles. The molecule has 1 amide bonds. The predicted octanol–water partition coefficient (Wildman–Crippen LogP) is 1.71. The first-order chi connectivity index (χ1) is 12.9. The molecule has 2 N–H and O–H groups in total. The molecular formula is C19H28ClN3O4. The van der Waals surface area contributed by atoms with E-state index in [1.807, 2.05) is 24.1 Å². The number of halogens is 1. The highest BCUT2D eigenvalue weighted by Gasteiger charge is 2.22. The lowest BCUT2D eigenvalue weighted by atomic mass is 10.1. The molecule has 0 radical (unpaired) electrons. The van der Waals surface area contributed by atoms with Gasteiger partial charge in [-0.25, -0.2) is 0 Å². The number of benzene rings is 1. The Morgan fingerprint density at radius 2 is 2.19 bits per heavy atom. The minimum Gasteiger partial charge on any atom is -0.492 e. The van der Waals surface area contributed by atoms with Gasteiger partial charge in [0.25, 0.3) is 0 Å². The Labute approximate surface area is 165 Å². The van der Waals surface area contributed by atoms with E-state index in [4.69, 9.17) is 21.4 Å². The average molecular weight is 398 g/mol. The van der Waals surface area contributed by atoms with E-state index in [2.05, 4.69) is 10.2 Å².